The molecular formula is C47H31N3. The molecule has 10 rings (SSSR count). The lowest BCUT2D eigenvalue weighted by molar-refractivity contribution is 0.978. The Labute approximate surface area is 290 Å². The second kappa shape index (κ2) is 11.5. The molecule has 3 heterocycles. The van der Waals surface area contributed by atoms with Crippen LogP contribution in [0.15, 0.2) is 182 Å². The van der Waals surface area contributed by atoms with Crippen LogP contribution in [0.1, 0.15) is 22.6 Å². The Morgan fingerprint density at radius 2 is 1.20 bits per heavy atom. The van der Waals surface area contributed by atoms with Gasteiger partial charge in [0.05, 0.1) is 16.9 Å². The second-order valence-corrected chi connectivity index (χ2v) is 13.0. The molecule has 0 saturated heterocycles. The van der Waals surface area contributed by atoms with Crippen molar-refractivity contribution in [2.75, 3.05) is 0 Å². The lowest BCUT2D eigenvalue weighted by atomic mass is 9.80. The molecule has 0 radical (unpaired) electrons. The normalized spacial score (nSPS) is 13.4. The number of para-hydroxylation sites is 2. The maximum atomic E-state index is 5.00. The van der Waals surface area contributed by atoms with E-state index < -0.39 is 0 Å². The molecule has 9 aromatic rings. The lowest BCUT2D eigenvalue weighted by Gasteiger charge is -2.23. The molecule has 234 valence electrons. The Bertz CT molecular complexity index is 2700. The quantitative estimate of drug-likeness (QED) is 0.192. The van der Waals surface area contributed by atoms with Crippen LogP contribution < -0.4 is 0 Å². The van der Waals surface area contributed by atoms with E-state index in [2.05, 4.69) is 175 Å². The van der Waals surface area contributed by atoms with Crippen molar-refractivity contribution < 1.29 is 0 Å². The highest BCUT2D eigenvalue weighted by Crippen LogP contribution is 2.52. The van der Waals surface area contributed by atoms with E-state index in [9.17, 15) is 0 Å². The summed E-state index contributed by atoms with van der Waals surface area (Å²) in [5.74, 6) is -0.0584. The van der Waals surface area contributed by atoms with Crippen molar-refractivity contribution in [2.45, 2.75) is 5.92 Å². The van der Waals surface area contributed by atoms with E-state index in [1.54, 1.807) is 0 Å². The summed E-state index contributed by atoms with van der Waals surface area (Å²) in [5.41, 5.74) is 15.3. The van der Waals surface area contributed by atoms with Gasteiger partial charge in [-0.05, 0) is 81.2 Å². The molecule has 6 aromatic carbocycles. The number of aromatic nitrogens is 3. The predicted octanol–water partition coefficient (Wildman–Crippen LogP) is 11.7. The summed E-state index contributed by atoms with van der Waals surface area (Å²) in [6.07, 6.45) is 5.95. The number of rotatable bonds is 4. The highest BCUT2D eigenvalue weighted by atomic mass is 15.0. The summed E-state index contributed by atoms with van der Waals surface area (Å²) in [6, 6.07) is 59.1. The molecule has 1 unspecified atom stereocenters. The summed E-state index contributed by atoms with van der Waals surface area (Å²) < 4.78 is 2.43. The average molecular weight is 638 g/mol. The zero-order chi connectivity index (χ0) is 33.0. The number of hydrogen-bond acceptors (Lipinski definition) is 2. The highest BCUT2D eigenvalue weighted by molar-refractivity contribution is 6.08. The Balaban J connectivity index is 1.31. The van der Waals surface area contributed by atoms with Crippen molar-refractivity contribution in [3.63, 3.8) is 0 Å². The van der Waals surface area contributed by atoms with Crippen molar-refractivity contribution in [1.82, 2.24) is 14.5 Å². The first-order valence-corrected chi connectivity index (χ1v) is 17.1. The van der Waals surface area contributed by atoms with Crippen LogP contribution in [0.4, 0.5) is 0 Å². The Morgan fingerprint density at radius 1 is 0.500 bits per heavy atom. The molecular weight excluding hydrogens is 607 g/mol. The monoisotopic (exact) mass is 637 g/mol. The molecule has 0 aliphatic heterocycles. The molecule has 0 fully saturated rings. The number of pyridine rings is 2. The fourth-order valence-electron chi connectivity index (χ4n) is 8.07. The van der Waals surface area contributed by atoms with Gasteiger partial charge in [-0.1, -0.05) is 121 Å². The van der Waals surface area contributed by atoms with Crippen molar-refractivity contribution in [3.8, 4) is 50.5 Å². The summed E-state index contributed by atoms with van der Waals surface area (Å²) in [4.78, 5) is 9.77. The van der Waals surface area contributed by atoms with Gasteiger partial charge in [0, 0.05) is 57.7 Å². The van der Waals surface area contributed by atoms with E-state index in [1.807, 2.05) is 12.4 Å². The van der Waals surface area contributed by atoms with Gasteiger partial charge in [-0.2, -0.15) is 0 Å². The zero-order valence-electron chi connectivity index (χ0n) is 27.2. The molecule has 0 saturated carbocycles. The van der Waals surface area contributed by atoms with E-state index in [4.69, 9.17) is 9.97 Å². The first-order valence-electron chi connectivity index (χ1n) is 17.1. The van der Waals surface area contributed by atoms with Gasteiger partial charge in [-0.15, -0.1) is 0 Å². The highest BCUT2D eigenvalue weighted by Gasteiger charge is 2.33. The first kappa shape index (κ1) is 28.4. The van der Waals surface area contributed by atoms with Crippen molar-refractivity contribution in [1.29, 1.82) is 0 Å². The molecule has 1 aliphatic carbocycles. The van der Waals surface area contributed by atoms with E-state index in [0.717, 1.165) is 27.9 Å². The van der Waals surface area contributed by atoms with Gasteiger partial charge >= 0.3 is 0 Å². The van der Waals surface area contributed by atoms with Crippen LogP contribution in [0.2, 0.25) is 0 Å². The second-order valence-electron chi connectivity index (χ2n) is 13.0. The topological polar surface area (TPSA) is 30.7 Å². The predicted molar refractivity (Wildman–Crippen MR) is 206 cm³/mol. The summed E-state index contributed by atoms with van der Waals surface area (Å²) in [7, 11) is 0. The Kier molecular flexibility index (Phi) is 6.56. The van der Waals surface area contributed by atoms with Crippen LogP contribution in [0, 0.1) is 0 Å². The van der Waals surface area contributed by atoms with Gasteiger partial charge in [0.15, 0.2) is 0 Å². The van der Waals surface area contributed by atoms with Crippen LogP contribution in [-0.2, 0) is 0 Å². The summed E-state index contributed by atoms with van der Waals surface area (Å²) in [6.45, 7) is 0. The van der Waals surface area contributed by atoms with E-state index >= 15 is 0 Å². The van der Waals surface area contributed by atoms with Gasteiger partial charge in [-0.25, -0.2) is 0 Å². The summed E-state index contributed by atoms with van der Waals surface area (Å²) in [5, 5.41) is 3.56. The maximum absolute atomic E-state index is 5.00. The van der Waals surface area contributed by atoms with Gasteiger partial charge in [0.25, 0.3) is 0 Å². The molecule has 0 spiro atoms. The minimum atomic E-state index is -0.0584. The standard InChI is InChI=1S/C47H31N3/c1-3-13-31(14-4-1)33-27-34(29-35(28-33)46-37-18-8-7-15-32(37)23-26-49-46)44-38-19-9-10-20-39(38)45-41-21-11-12-22-43(41)50(36-16-5-2-6-17-36)47(45)42-30-48-25-24-40(42)44/h1-30,44H. The number of nitrogens with zero attached hydrogens (tertiary/aromatic N) is 3. The molecule has 50 heavy (non-hydrogen) atoms. The van der Waals surface area contributed by atoms with E-state index in [0.29, 0.717) is 0 Å². The Hall–Kier alpha value is -6.58. The van der Waals surface area contributed by atoms with E-state index in [1.165, 1.54) is 60.9 Å². The van der Waals surface area contributed by atoms with E-state index in [-0.39, 0.29) is 5.92 Å². The van der Waals surface area contributed by atoms with Gasteiger partial charge in [-0.3, -0.25) is 9.97 Å². The number of fused-ring (bicyclic) bond motifs is 8. The molecule has 0 bridgehead atoms. The summed E-state index contributed by atoms with van der Waals surface area (Å²) >= 11 is 0. The van der Waals surface area contributed by atoms with Crippen LogP contribution in [0.25, 0.3) is 72.1 Å². The third-order valence-corrected chi connectivity index (χ3v) is 10.2. The first-order chi connectivity index (χ1) is 24.8. The van der Waals surface area contributed by atoms with Crippen LogP contribution in [0.5, 0.6) is 0 Å². The zero-order valence-corrected chi connectivity index (χ0v) is 27.2. The van der Waals surface area contributed by atoms with Crippen LogP contribution in [-0.4, -0.2) is 14.5 Å². The largest absolute Gasteiger partial charge is 0.309 e. The SMILES string of the molecule is c1ccc(-c2cc(-c3nccc4ccccc34)cc(C3c4ccccc4-c4c(n(-c5ccccc5)c5ccccc45)-c4cnccc43)c2)cc1. The van der Waals surface area contributed by atoms with Crippen molar-refractivity contribution in [2.24, 2.45) is 0 Å². The fraction of sp³-hybridized carbons (Fsp3) is 0.0213. The molecule has 1 aliphatic rings. The fourth-order valence-corrected chi connectivity index (χ4v) is 8.07. The van der Waals surface area contributed by atoms with Gasteiger partial charge in [0.2, 0.25) is 0 Å². The lowest BCUT2D eigenvalue weighted by Crippen LogP contribution is -2.07. The smallest absolute Gasteiger partial charge is 0.0780 e. The van der Waals surface area contributed by atoms with Crippen LogP contribution >= 0.6 is 0 Å². The minimum absolute atomic E-state index is 0.0584. The number of benzene rings is 6. The van der Waals surface area contributed by atoms with Crippen molar-refractivity contribution in [3.05, 3.63) is 199 Å². The molecule has 3 aromatic heterocycles. The molecule has 0 amide bonds. The third kappa shape index (κ3) is 4.44. The maximum Gasteiger partial charge on any atom is 0.0780 e. The van der Waals surface area contributed by atoms with Crippen LogP contribution in [0.3, 0.4) is 0 Å². The third-order valence-electron chi connectivity index (χ3n) is 10.2. The molecule has 3 nitrogen and oxygen atoms in total. The van der Waals surface area contributed by atoms with Gasteiger partial charge in [0.1, 0.15) is 0 Å². The number of hydrogen-bond donors (Lipinski definition) is 0. The Morgan fingerprint density at radius 3 is 2.08 bits per heavy atom. The van der Waals surface area contributed by atoms with Gasteiger partial charge < -0.3 is 4.57 Å². The van der Waals surface area contributed by atoms with Crippen molar-refractivity contribution >= 4 is 21.7 Å². The molecule has 0 N–H and O–H groups in total. The molecule has 1 atom stereocenters. The minimum Gasteiger partial charge on any atom is -0.309 e. The molecule has 3 heteroatoms. The average Bonchev–Trinajstić information content (AvgIpc) is 3.47.